The van der Waals surface area contributed by atoms with Gasteiger partial charge in [0.15, 0.2) is 43.3 Å². The number of ether oxygens (including phenoxy) is 17. The number of esters is 1. The van der Waals surface area contributed by atoms with Crippen molar-refractivity contribution in [3.05, 3.63) is 171 Å². The van der Waals surface area contributed by atoms with Gasteiger partial charge in [-0.1, -0.05) is 97.1 Å². The number of fused-ring (bicyclic) bond motifs is 3. The zero-order valence-corrected chi connectivity index (χ0v) is 50.3. The van der Waals surface area contributed by atoms with E-state index in [2.05, 4.69) is 0 Å². The van der Waals surface area contributed by atoms with Gasteiger partial charge in [-0.3, -0.25) is 14.9 Å². The lowest BCUT2D eigenvalue weighted by atomic mass is 9.94. The Bertz CT molecular complexity index is 3000. The molecule has 5 aromatic rings. The highest BCUT2D eigenvalue weighted by molar-refractivity contribution is 5.75. The van der Waals surface area contributed by atoms with Gasteiger partial charge in [0, 0.05) is 29.9 Å². The normalized spacial score (nSPS) is 32.0. The largest absolute Gasteiger partial charge is 0.497 e. The lowest BCUT2D eigenvalue weighted by Gasteiger charge is -2.52. The minimum absolute atomic E-state index is 0.0266. The zero-order valence-electron chi connectivity index (χ0n) is 50.3. The topological polar surface area (TPSA) is 217 Å². The van der Waals surface area contributed by atoms with Crippen molar-refractivity contribution in [2.45, 2.75) is 185 Å². The Hall–Kier alpha value is -5.99. The minimum atomic E-state index is -1.20. The first-order valence-electron chi connectivity index (χ1n) is 29.8. The van der Waals surface area contributed by atoms with Crippen molar-refractivity contribution >= 4 is 11.7 Å². The van der Waals surface area contributed by atoms with Gasteiger partial charge in [-0.25, -0.2) is 0 Å². The molecule has 0 saturated carbocycles. The first-order valence-corrected chi connectivity index (χ1v) is 29.8. The highest BCUT2D eigenvalue weighted by atomic mass is 16.8. The Morgan fingerprint density at radius 3 is 1.63 bits per heavy atom. The maximum Gasteiger partial charge on any atom is 0.311 e. The van der Waals surface area contributed by atoms with Crippen LogP contribution in [-0.4, -0.2) is 143 Å². The first-order chi connectivity index (χ1) is 42.0. The summed E-state index contributed by atoms with van der Waals surface area (Å²) < 4.78 is 113. The summed E-state index contributed by atoms with van der Waals surface area (Å²) in [5.74, 6) is -0.296. The molecule has 6 fully saturated rings. The summed E-state index contributed by atoms with van der Waals surface area (Å²) in [4.78, 5) is 25.0. The molecule has 6 heterocycles. The third-order valence-corrected chi connectivity index (χ3v) is 16.2. The molecule has 5 aromatic carbocycles. The number of unbranched alkanes of at least 4 members (excludes halogenated alkanes) is 1. The van der Waals surface area contributed by atoms with Gasteiger partial charge in [-0.15, -0.1) is 0 Å². The van der Waals surface area contributed by atoms with Crippen LogP contribution in [0.1, 0.15) is 94.8 Å². The molecule has 0 N–H and O–H groups in total. The van der Waals surface area contributed by atoms with Crippen LogP contribution >= 0.6 is 0 Å². The molecule has 6 saturated heterocycles. The van der Waals surface area contributed by atoms with Crippen LogP contribution in [0.2, 0.25) is 0 Å². The van der Waals surface area contributed by atoms with Crippen molar-refractivity contribution in [2.24, 2.45) is 5.41 Å². The van der Waals surface area contributed by atoms with E-state index < -0.39 is 127 Å². The maximum absolute atomic E-state index is 14.2. The van der Waals surface area contributed by atoms with Gasteiger partial charge < -0.3 is 80.5 Å². The van der Waals surface area contributed by atoms with Gasteiger partial charge in [0.2, 0.25) is 0 Å². The van der Waals surface area contributed by atoms with E-state index in [0.29, 0.717) is 30.8 Å². The van der Waals surface area contributed by atoms with E-state index in [1.807, 2.05) is 130 Å². The molecule has 21 heteroatoms. The molecule has 468 valence electrons. The maximum atomic E-state index is 14.2. The summed E-state index contributed by atoms with van der Waals surface area (Å²) in [6, 6.07) is 41.0. The van der Waals surface area contributed by atoms with Gasteiger partial charge in [0.1, 0.15) is 72.5 Å². The molecule has 0 aliphatic carbocycles. The number of rotatable bonds is 22. The van der Waals surface area contributed by atoms with Crippen LogP contribution in [0.3, 0.4) is 0 Å². The van der Waals surface area contributed by atoms with Gasteiger partial charge in [0.25, 0.3) is 5.69 Å². The van der Waals surface area contributed by atoms with E-state index in [-0.39, 0.29) is 38.7 Å². The highest BCUT2D eigenvalue weighted by Gasteiger charge is 2.61. The molecular formula is C66H79NO20. The fourth-order valence-electron chi connectivity index (χ4n) is 11.6. The molecule has 0 bridgehead atoms. The molecule has 87 heavy (non-hydrogen) atoms. The third kappa shape index (κ3) is 15.0. The number of carbonyl (C=O) groups is 1. The fraction of sp³-hybridized carbons (Fsp3) is 0.530. The average Bonchev–Trinajstić information content (AvgIpc) is 2.07. The number of hydrogen-bond acceptors (Lipinski definition) is 20. The summed E-state index contributed by atoms with van der Waals surface area (Å²) in [6.45, 7) is 11.5. The number of aryl methyl sites for hydroxylation is 1. The van der Waals surface area contributed by atoms with E-state index in [0.717, 1.165) is 27.8 Å². The Kier molecular flexibility index (Phi) is 20.0. The summed E-state index contributed by atoms with van der Waals surface area (Å²) >= 11 is 0. The van der Waals surface area contributed by atoms with Crippen molar-refractivity contribution in [3.63, 3.8) is 0 Å². The third-order valence-electron chi connectivity index (χ3n) is 16.2. The number of carbonyl (C=O) groups excluding carboxylic acids is 1. The smallest absolute Gasteiger partial charge is 0.311 e. The Morgan fingerprint density at radius 2 is 1.08 bits per heavy atom. The van der Waals surface area contributed by atoms with Gasteiger partial charge in [0.05, 0.1) is 57.1 Å². The van der Waals surface area contributed by atoms with E-state index in [4.69, 9.17) is 80.5 Å². The SMILES string of the molecule is COc1ccc(CO[C@H]2[C@@H]3OC(c4ccccc4)OC[C@H]3OC(O[C@@H]3[C@H]4OC(C)(C)O[C@H]4[C@H](O[C@H]4[C@H]5OC(c6ccccc6)OC[C@H]5O[C@@H](OCCCCc5ccc([N+](=O)[O-])cc5)[C@@H]4OC(=O)C(C)(C)C)O[C@H]3C)[C@H]2OCc2ccc(OC)cc2)cc1. The molecule has 3 unspecified atom stereocenters. The number of nitro benzene ring substituents is 1. The number of non-ortho nitro benzene ring substituents is 1. The second-order valence-electron chi connectivity index (χ2n) is 24.0. The van der Waals surface area contributed by atoms with Crippen LogP contribution in [0.15, 0.2) is 133 Å². The van der Waals surface area contributed by atoms with Crippen molar-refractivity contribution < 1.29 is 90.2 Å². The van der Waals surface area contributed by atoms with Crippen LogP contribution in [0.4, 0.5) is 5.69 Å². The number of hydrogen-bond donors (Lipinski definition) is 0. The van der Waals surface area contributed by atoms with Crippen LogP contribution in [-0.2, 0) is 95.5 Å². The predicted octanol–water partition coefficient (Wildman–Crippen LogP) is 9.79. The quantitative estimate of drug-likeness (QED) is 0.0272. The molecule has 17 atom stereocenters. The molecule has 11 rings (SSSR count). The summed E-state index contributed by atoms with van der Waals surface area (Å²) in [7, 11) is 3.24. The van der Waals surface area contributed by atoms with E-state index >= 15 is 0 Å². The number of methoxy groups -OCH3 is 2. The monoisotopic (exact) mass is 1210 g/mol. The molecule has 0 spiro atoms. The zero-order chi connectivity index (χ0) is 60.8. The molecule has 6 aliphatic heterocycles. The van der Waals surface area contributed by atoms with Crippen molar-refractivity contribution in [1.82, 2.24) is 0 Å². The van der Waals surface area contributed by atoms with Crippen molar-refractivity contribution in [1.29, 1.82) is 0 Å². The molecule has 0 amide bonds. The lowest BCUT2D eigenvalue weighted by molar-refractivity contribution is -0.401. The second kappa shape index (κ2) is 27.8. The molecule has 21 nitrogen and oxygen atoms in total. The minimum Gasteiger partial charge on any atom is -0.497 e. The van der Waals surface area contributed by atoms with Crippen LogP contribution in [0, 0.1) is 15.5 Å². The highest BCUT2D eigenvalue weighted by Crippen LogP contribution is 2.45. The number of benzene rings is 5. The summed E-state index contributed by atoms with van der Waals surface area (Å²) in [6.07, 6.45) is -13.6. The van der Waals surface area contributed by atoms with Crippen molar-refractivity contribution in [2.75, 3.05) is 34.0 Å². The first kappa shape index (κ1) is 62.6. The Morgan fingerprint density at radius 1 is 0.563 bits per heavy atom. The average molecular weight is 1210 g/mol. The Labute approximate surface area is 507 Å². The molecule has 0 aromatic heterocycles. The van der Waals surface area contributed by atoms with E-state index in [9.17, 15) is 14.9 Å². The van der Waals surface area contributed by atoms with Gasteiger partial charge >= 0.3 is 5.97 Å². The predicted molar refractivity (Wildman–Crippen MR) is 310 cm³/mol. The summed E-state index contributed by atoms with van der Waals surface area (Å²) in [5, 5.41) is 11.3. The summed E-state index contributed by atoms with van der Waals surface area (Å²) in [5.41, 5.74) is 3.38. The Balaban J connectivity index is 0.883. The number of nitrogens with zero attached hydrogens (tertiary/aromatic N) is 1. The number of nitro groups is 1. The fourth-order valence-corrected chi connectivity index (χ4v) is 11.6. The molecule has 6 aliphatic rings. The molecular weight excluding hydrogens is 1130 g/mol. The standard InChI is InChI=1S/C66H79NO20/c1-39-50(81-62-56(75-36-42-26-32-47(72-8)33-27-42)53(74-35-41-24-30-46(71-7)31-25-41)51-48(80-62)37-76-59(82-51)43-18-11-9-12-19-43)55-58(87-66(5,6)86-55)63(78-39)84-54-52-49(38-77-60(83-52)44-20-13-10-14-21-44)79-61(57(54)85-64(68)65(2,3)4)73-34-16-15-17-40-22-28-45(29-23-40)67(69)70/h9-14,18-33,39,48-63H,15-17,34-38H2,1-8H3/t39-,48+,49+,50-,51+,52-,53-,54-,55+,56-,57+,58+,59?,60?,61+,62?,63-/m0/s1. The molecule has 0 radical (unpaired) electrons. The van der Waals surface area contributed by atoms with Gasteiger partial charge in [-0.05, 0) is 102 Å². The van der Waals surface area contributed by atoms with Crippen LogP contribution < -0.4 is 9.47 Å². The van der Waals surface area contributed by atoms with Crippen molar-refractivity contribution in [3.8, 4) is 11.5 Å². The lowest BCUT2D eigenvalue weighted by Crippen LogP contribution is -2.67. The van der Waals surface area contributed by atoms with Crippen LogP contribution in [0.25, 0.3) is 0 Å². The second-order valence-corrected chi connectivity index (χ2v) is 24.0. The van der Waals surface area contributed by atoms with E-state index in [1.165, 1.54) is 12.1 Å². The van der Waals surface area contributed by atoms with Gasteiger partial charge in [-0.2, -0.15) is 0 Å². The van der Waals surface area contributed by atoms with Crippen LogP contribution in [0.5, 0.6) is 11.5 Å². The van der Waals surface area contributed by atoms with E-state index in [1.54, 1.807) is 47.1 Å².